The molecule has 26 heavy (non-hydrogen) atoms. The monoisotopic (exact) mass is 371 g/mol. The van der Waals surface area contributed by atoms with E-state index >= 15 is 0 Å². The average Bonchev–Trinajstić information content (AvgIpc) is 2.63. The van der Waals surface area contributed by atoms with E-state index in [1.165, 1.54) is 12.1 Å². The van der Waals surface area contributed by atoms with Gasteiger partial charge in [0.1, 0.15) is 30.3 Å². The van der Waals surface area contributed by atoms with Gasteiger partial charge in [-0.05, 0) is 49.2 Å². The van der Waals surface area contributed by atoms with E-state index in [0.717, 1.165) is 34.7 Å². The SMILES string of the molecule is CCc1ncnc(Nc2ccc(OCc3cccc(F)c3)c(Cl)c2)c1C. The number of hydrogen-bond acceptors (Lipinski definition) is 4. The minimum atomic E-state index is -0.289. The van der Waals surface area contributed by atoms with Crippen LogP contribution in [0.5, 0.6) is 5.75 Å². The van der Waals surface area contributed by atoms with Crippen molar-refractivity contribution in [2.24, 2.45) is 0 Å². The van der Waals surface area contributed by atoms with Gasteiger partial charge in [-0.3, -0.25) is 0 Å². The average molecular weight is 372 g/mol. The number of benzene rings is 2. The van der Waals surface area contributed by atoms with E-state index in [0.29, 0.717) is 10.8 Å². The lowest BCUT2D eigenvalue weighted by Gasteiger charge is -2.13. The van der Waals surface area contributed by atoms with Gasteiger partial charge < -0.3 is 10.1 Å². The molecule has 0 saturated carbocycles. The van der Waals surface area contributed by atoms with Crippen molar-refractivity contribution in [1.82, 2.24) is 9.97 Å². The molecule has 2 aromatic carbocycles. The quantitative estimate of drug-likeness (QED) is 0.624. The fraction of sp³-hybridized carbons (Fsp3) is 0.200. The molecule has 1 N–H and O–H groups in total. The highest BCUT2D eigenvalue weighted by molar-refractivity contribution is 6.32. The Bertz CT molecular complexity index is 917. The zero-order valence-corrected chi connectivity index (χ0v) is 15.3. The highest BCUT2D eigenvalue weighted by Crippen LogP contribution is 2.30. The van der Waals surface area contributed by atoms with Gasteiger partial charge in [-0.15, -0.1) is 0 Å². The second-order valence-corrected chi connectivity index (χ2v) is 6.24. The third-order valence-corrected chi connectivity index (χ3v) is 4.30. The molecule has 0 amide bonds. The second kappa shape index (κ2) is 8.15. The topological polar surface area (TPSA) is 47.0 Å². The first-order chi connectivity index (χ1) is 12.6. The molecule has 1 heterocycles. The van der Waals surface area contributed by atoms with Crippen molar-refractivity contribution in [2.75, 3.05) is 5.32 Å². The number of ether oxygens (including phenoxy) is 1. The zero-order chi connectivity index (χ0) is 18.5. The fourth-order valence-corrected chi connectivity index (χ4v) is 2.82. The standard InChI is InChI=1S/C20H19ClFN3O/c1-3-18-13(2)20(24-12-23-18)25-16-7-8-19(17(21)10-16)26-11-14-5-4-6-15(22)9-14/h4-10,12H,3,11H2,1-2H3,(H,23,24,25). The summed E-state index contributed by atoms with van der Waals surface area (Å²) in [4.78, 5) is 8.55. The number of rotatable bonds is 6. The number of anilines is 2. The molecule has 134 valence electrons. The first-order valence-corrected chi connectivity index (χ1v) is 8.69. The number of hydrogen-bond donors (Lipinski definition) is 1. The van der Waals surface area contributed by atoms with Crippen molar-refractivity contribution in [2.45, 2.75) is 26.9 Å². The molecule has 0 spiro atoms. The Morgan fingerprint density at radius 3 is 2.73 bits per heavy atom. The third kappa shape index (κ3) is 4.29. The Balaban J connectivity index is 1.71. The Kier molecular flexibility index (Phi) is 5.68. The molecule has 0 unspecified atom stereocenters. The predicted octanol–water partition coefficient (Wildman–Crippen LogP) is 5.46. The second-order valence-electron chi connectivity index (χ2n) is 5.84. The van der Waals surface area contributed by atoms with Gasteiger partial charge in [0.2, 0.25) is 0 Å². The predicted molar refractivity (Wildman–Crippen MR) is 102 cm³/mol. The van der Waals surface area contributed by atoms with E-state index in [4.69, 9.17) is 16.3 Å². The molecular weight excluding hydrogens is 353 g/mol. The zero-order valence-electron chi connectivity index (χ0n) is 14.6. The van der Waals surface area contributed by atoms with Crippen LogP contribution in [0, 0.1) is 12.7 Å². The summed E-state index contributed by atoms with van der Waals surface area (Å²) >= 11 is 6.32. The Labute approximate surface area is 157 Å². The van der Waals surface area contributed by atoms with Crippen LogP contribution in [0.25, 0.3) is 0 Å². The summed E-state index contributed by atoms with van der Waals surface area (Å²) in [5, 5.41) is 3.72. The first kappa shape index (κ1) is 18.1. The molecule has 0 radical (unpaired) electrons. The van der Waals surface area contributed by atoms with E-state index in [2.05, 4.69) is 22.2 Å². The first-order valence-electron chi connectivity index (χ1n) is 8.31. The largest absolute Gasteiger partial charge is 0.487 e. The van der Waals surface area contributed by atoms with Gasteiger partial charge in [0.25, 0.3) is 0 Å². The van der Waals surface area contributed by atoms with E-state index in [1.807, 2.05) is 13.0 Å². The van der Waals surface area contributed by atoms with Gasteiger partial charge in [0.15, 0.2) is 0 Å². The Morgan fingerprint density at radius 2 is 2.00 bits per heavy atom. The maximum absolute atomic E-state index is 13.2. The van der Waals surface area contributed by atoms with Gasteiger partial charge in [-0.1, -0.05) is 30.7 Å². The molecule has 0 aliphatic heterocycles. The minimum Gasteiger partial charge on any atom is -0.487 e. The number of nitrogens with one attached hydrogen (secondary N) is 1. The number of aryl methyl sites for hydroxylation is 1. The molecule has 0 atom stereocenters. The molecule has 4 nitrogen and oxygen atoms in total. The van der Waals surface area contributed by atoms with E-state index in [-0.39, 0.29) is 12.4 Å². The van der Waals surface area contributed by atoms with Gasteiger partial charge in [0.05, 0.1) is 5.02 Å². The molecule has 0 bridgehead atoms. The number of nitrogens with zero attached hydrogens (tertiary/aromatic N) is 2. The molecular formula is C20H19ClFN3O. The van der Waals surface area contributed by atoms with Gasteiger partial charge in [-0.2, -0.15) is 0 Å². The third-order valence-electron chi connectivity index (χ3n) is 4.00. The van der Waals surface area contributed by atoms with Crippen molar-refractivity contribution >= 4 is 23.1 Å². The molecule has 0 saturated heterocycles. The summed E-state index contributed by atoms with van der Waals surface area (Å²) in [5.74, 6) is 1.000. The van der Waals surface area contributed by atoms with Crippen LogP contribution in [-0.4, -0.2) is 9.97 Å². The molecule has 3 aromatic rings. The van der Waals surface area contributed by atoms with Crippen LogP contribution in [0.2, 0.25) is 5.02 Å². The van der Waals surface area contributed by atoms with Crippen LogP contribution >= 0.6 is 11.6 Å². The van der Waals surface area contributed by atoms with Crippen molar-refractivity contribution in [3.63, 3.8) is 0 Å². The normalized spacial score (nSPS) is 10.6. The maximum atomic E-state index is 13.2. The van der Waals surface area contributed by atoms with Crippen LogP contribution in [0.15, 0.2) is 48.8 Å². The van der Waals surface area contributed by atoms with Gasteiger partial charge in [0, 0.05) is 16.9 Å². The smallest absolute Gasteiger partial charge is 0.138 e. The summed E-state index contributed by atoms with van der Waals surface area (Å²) in [7, 11) is 0. The van der Waals surface area contributed by atoms with E-state index < -0.39 is 0 Å². The lowest BCUT2D eigenvalue weighted by Crippen LogP contribution is -2.02. The fourth-order valence-electron chi connectivity index (χ4n) is 2.59. The minimum absolute atomic E-state index is 0.245. The van der Waals surface area contributed by atoms with E-state index in [9.17, 15) is 4.39 Å². The molecule has 0 aliphatic rings. The summed E-state index contributed by atoms with van der Waals surface area (Å²) in [5.41, 5.74) is 3.56. The maximum Gasteiger partial charge on any atom is 0.138 e. The van der Waals surface area contributed by atoms with Crippen molar-refractivity contribution in [3.8, 4) is 5.75 Å². The lowest BCUT2D eigenvalue weighted by atomic mass is 10.2. The number of aromatic nitrogens is 2. The summed E-state index contributed by atoms with van der Waals surface area (Å²) in [6.07, 6.45) is 2.39. The number of halogens is 2. The summed E-state index contributed by atoms with van der Waals surface area (Å²) < 4.78 is 18.9. The molecule has 6 heteroatoms. The Hall–Kier alpha value is -2.66. The van der Waals surface area contributed by atoms with Crippen LogP contribution in [0.4, 0.5) is 15.9 Å². The van der Waals surface area contributed by atoms with Gasteiger partial charge in [-0.25, -0.2) is 14.4 Å². The van der Waals surface area contributed by atoms with Crippen LogP contribution < -0.4 is 10.1 Å². The van der Waals surface area contributed by atoms with Crippen LogP contribution in [-0.2, 0) is 13.0 Å². The van der Waals surface area contributed by atoms with Crippen molar-refractivity contribution in [1.29, 1.82) is 0 Å². The molecule has 1 aromatic heterocycles. The van der Waals surface area contributed by atoms with Crippen molar-refractivity contribution < 1.29 is 9.13 Å². The van der Waals surface area contributed by atoms with Crippen LogP contribution in [0.3, 0.4) is 0 Å². The molecule has 0 fully saturated rings. The van der Waals surface area contributed by atoms with E-state index in [1.54, 1.807) is 30.6 Å². The highest BCUT2D eigenvalue weighted by atomic mass is 35.5. The lowest BCUT2D eigenvalue weighted by molar-refractivity contribution is 0.306. The highest BCUT2D eigenvalue weighted by Gasteiger charge is 2.08. The summed E-state index contributed by atoms with van der Waals surface area (Å²) in [6, 6.07) is 11.7. The van der Waals surface area contributed by atoms with Crippen LogP contribution in [0.1, 0.15) is 23.7 Å². The molecule has 0 aliphatic carbocycles. The molecule has 3 rings (SSSR count). The van der Waals surface area contributed by atoms with Gasteiger partial charge >= 0.3 is 0 Å². The summed E-state index contributed by atoms with van der Waals surface area (Å²) in [6.45, 7) is 4.29. The Morgan fingerprint density at radius 1 is 1.15 bits per heavy atom. The van der Waals surface area contributed by atoms with Crippen molar-refractivity contribution in [3.05, 3.63) is 76.5 Å².